The zero-order valence-electron chi connectivity index (χ0n) is 18.3. The maximum absolute atomic E-state index is 13.7. The van der Waals surface area contributed by atoms with Crippen molar-refractivity contribution in [3.63, 3.8) is 0 Å². The summed E-state index contributed by atoms with van der Waals surface area (Å²) in [6, 6.07) is 14.8. The van der Waals surface area contributed by atoms with Gasteiger partial charge in [0.2, 0.25) is 0 Å². The van der Waals surface area contributed by atoms with Crippen molar-refractivity contribution < 1.29 is 18.7 Å². The summed E-state index contributed by atoms with van der Waals surface area (Å²) in [6.07, 6.45) is 0. The predicted molar refractivity (Wildman–Crippen MR) is 119 cm³/mol. The van der Waals surface area contributed by atoms with E-state index >= 15 is 0 Å². The van der Waals surface area contributed by atoms with Crippen LogP contribution >= 0.6 is 0 Å². The molecule has 0 aliphatic carbocycles. The third kappa shape index (κ3) is 5.62. The molecule has 7 nitrogen and oxygen atoms in total. The van der Waals surface area contributed by atoms with Crippen molar-refractivity contribution in [3.05, 3.63) is 59.9 Å². The van der Waals surface area contributed by atoms with Crippen molar-refractivity contribution in [2.45, 2.75) is 19.9 Å². The van der Waals surface area contributed by atoms with Gasteiger partial charge in [0.15, 0.2) is 6.61 Å². The molecule has 0 bridgehead atoms. The van der Waals surface area contributed by atoms with Crippen LogP contribution in [0.4, 0.5) is 10.1 Å². The van der Waals surface area contributed by atoms with Crippen LogP contribution in [0, 0.1) is 23.1 Å². The van der Waals surface area contributed by atoms with Gasteiger partial charge in [0, 0.05) is 26.2 Å². The number of benzene rings is 2. The van der Waals surface area contributed by atoms with Gasteiger partial charge in [0.1, 0.15) is 17.6 Å². The number of anilines is 1. The molecule has 0 aromatic heterocycles. The lowest BCUT2D eigenvalue weighted by Crippen LogP contribution is -2.52. The van der Waals surface area contributed by atoms with E-state index in [1.54, 1.807) is 35.2 Å². The Morgan fingerprint density at radius 1 is 1.09 bits per heavy atom. The smallest absolute Gasteiger partial charge is 0.262 e. The highest BCUT2D eigenvalue weighted by atomic mass is 19.1. The molecule has 8 heteroatoms. The first-order valence-corrected chi connectivity index (χ1v) is 10.6. The molecule has 0 saturated carbocycles. The minimum Gasteiger partial charge on any atom is -0.483 e. The highest BCUT2D eigenvalue weighted by molar-refractivity contribution is 5.97. The standard InChI is InChI=1S/C24H27FN4O3/c1-17(2)21(15-26)28-11-13-29(14-12-28)24(31)18-7-3-6-10-22(18)32-16-23(30)27-20-9-5-4-8-19(20)25/h3-10,17,21H,11-14,16H2,1-2H3,(H,27,30). The van der Waals surface area contributed by atoms with Crippen molar-refractivity contribution in [1.29, 1.82) is 5.26 Å². The lowest BCUT2D eigenvalue weighted by atomic mass is 10.0. The van der Waals surface area contributed by atoms with Gasteiger partial charge in [-0.1, -0.05) is 38.1 Å². The van der Waals surface area contributed by atoms with Gasteiger partial charge in [-0.15, -0.1) is 0 Å². The molecule has 2 aromatic carbocycles. The van der Waals surface area contributed by atoms with E-state index in [0.717, 1.165) is 0 Å². The number of ether oxygens (including phenoxy) is 1. The minimum absolute atomic E-state index is 0.0698. The van der Waals surface area contributed by atoms with Gasteiger partial charge in [0.05, 0.1) is 17.3 Å². The zero-order valence-corrected chi connectivity index (χ0v) is 18.3. The van der Waals surface area contributed by atoms with Crippen molar-refractivity contribution in [2.24, 2.45) is 5.92 Å². The molecule has 1 fully saturated rings. The van der Waals surface area contributed by atoms with E-state index in [-0.39, 0.29) is 30.2 Å². The number of piperazine rings is 1. The topological polar surface area (TPSA) is 85.7 Å². The van der Waals surface area contributed by atoms with E-state index in [9.17, 15) is 19.2 Å². The molecule has 168 valence electrons. The normalized spacial score (nSPS) is 15.2. The predicted octanol–water partition coefficient (Wildman–Crippen LogP) is 3.15. The number of hydrogen-bond acceptors (Lipinski definition) is 5. The zero-order chi connectivity index (χ0) is 23.1. The van der Waals surface area contributed by atoms with Crippen molar-refractivity contribution in [3.8, 4) is 11.8 Å². The first-order valence-electron chi connectivity index (χ1n) is 10.6. The molecule has 1 N–H and O–H groups in total. The maximum atomic E-state index is 13.7. The Bertz CT molecular complexity index is 997. The van der Waals surface area contributed by atoms with Crippen LogP contribution in [0.2, 0.25) is 0 Å². The first kappa shape index (κ1) is 23.2. The first-order chi connectivity index (χ1) is 15.4. The molecular weight excluding hydrogens is 411 g/mol. The summed E-state index contributed by atoms with van der Waals surface area (Å²) in [5.74, 6) is -0.741. The molecule has 1 atom stereocenters. The van der Waals surface area contributed by atoms with Gasteiger partial charge in [-0.2, -0.15) is 5.26 Å². The van der Waals surface area contributed by atoms with Crippen LogP contribution in [-0.2, 0) is 4.79 Å². The summed E-state index contributed by atoms with van der Waals surface area (Å²) < 4.78 is 19.3. The van der Waals surface area contributed by atoms with Gasteiger partial charge in [-0.3, -0.25) is 14.5 Å². The molecule has 2 aromatic rings. The summed E-state index contributed by atoms with van der Waals surface area (Å²) in [6.45, 7) is 5.93. The summed E-state index contributed by atoms with van der Waals surface area (Å²) in [4.78, 5) is 29.1. The van der Waals surface area contributed by atoms with E-state index in [0.29, 0.717) is 37.5 Å². The number of carbonyl (C=O) groups excluding carboxylic acids is 2. The molecule has 2 amide bonds. The lowest BCUT2D eigenvalue weighted by Gasteiger charge is -2.38. The van der Waals surface area contributed by atoms with Gasteiger partial charge < -0.3 is 15.0 Å². The molecule has 32 heavy (non-hydrogen) atoms. The summed E-state index contributed by atoms with van der Waals surface area (Å²) in [5.41, 5.74) is 0.431. The van der Waals surface area contributed by atoms with E-state index < -0.39 is 11.7 Å². The maximum Gasteiger partial charge on any atom is 0.262 e. The average Bonchev–Trinajstić information content (AvgIpc) is 2.80. The number of halogens is 1. The Hall–Kier alpha value is -3.44. The SMILES string of the molecule is CC(C)C(C#N)N1CCN(C(=O)c2ccccc2OCC(=O)Nc2ccccc2F)CC1. The number of carbonyl (C=O) groups is 2. The van der Waals surface area contributed by atoms with Crippen molar-refractivity contribution in [2.75, 3.05) is 38.1 Å². The molecular formula is C24H27FN4O3. The average molecular weight is 439 g/mol. The number of hydrogen-bond donors (Lipinski definition) is 1. The number of nitriles is 1. The van der Waals surface area contributed by atoms with Crippen LogP contribution in [0.15, 0.2) is 48.5 Å². The molecule has 1 aliphatic rings. The minimum atomic E-state index is -0.535. The van der Waals surface area contributed by atoms with E-state index in [1.807, 2.05) is 13.8 Å². The van der Waals surface area contributed by atoms with Gasteiger partial charge in [-0.05, 0) is 30.2 Å². The van der Waals surface area contributed by atoms with Crippen molar-refractivity contribution >= 4 is 17.5 Å². The van der Waals surface area contributed by atoms with Crippen molar-refractivity contribution in [1.82, 2.24) is 9.80 Å². The van der Waals surface area contributed by atoms with E-state index in [2.05, 4.69) is 16.3 Å². The number of nitrogens with zero attached hydrogens (tertiary/aromatic N) is 3. The summed E-state index contributed by atoms with van der Waals surface area (Å²) in [5, 5.41) is 11.9. The number of amides is 2. The third-order valence-electron chi connectivity index (χ3n) is 5.38. The van der Waals surface area contributed by atoms with E-state index in [1.165, 1.54) is 18.2 Å². The lowest BCUT2D eigenvalue weighted by molar-refractivity contribution is -0.118. The number of rotatable bonds is 7. The van der Waals surface area contributed by atoms with Crippen LogP contribution in [0.1, 0.15) is 24.2 Å². The molecule has 3 rings (SSSR count). The largest absolute Gasteiger partial charge is 0.483 e. The fourth-order valence-corrected chi connectivity index (χ4v) is 3.69. The number of para-hydroxylation sites is 2. The Morgan fingerprint density at radius 3 is 2.41 bits per heavy atom. The highest BCUT2D eigenvalue weighted by Gasteiger charge is 2.29. The molecule has 1 saturated heterocycles. The third-order valence-corrected chi connectivity index (χ3v) is 5.38. The van der Waals surface area contributed by atoms with Gasteiger partial charge in [0.25, 0.3) is 11.8 Å². The highest BCUT2D eigenvalue weighted by Crippen LogP contribution is 2.22. The Balaban J connectivity index is 1.60. The fourth-order valence-electron chi connectivity index (χ4n) is 3.69. The fraction of sp³-hybridized carbons (Fsp3) is 0.375. The Labute approximate surface area is 187 Å². The van der Waals surface area contributed by atoms with Gasteiger partial charge in [-0.25, -0.2) is 4.39 Å². The Morgan fingerprint density at radius 2 is 1.75 bits per heavy atom. The monoisotopic (exact) mass is 438 g/mol. The van der Waals surface area contributed by atoms with Crippen LogP contribution in [0.3, 0.4) is 0 Å². The molecule has 0 radical (unpaired) electrons. The quantitative estimate of drug-likeness (QED) is 0.718. The molecule has 1 aliphatic heterocycles. The van der Waals surface area contributed by atoms with Crippen LogP contribution in [0.25, 0.3) is 0 Å². The summed E-state index contributed by atoms with van der Waals surface area (Å²) in [7, 11) is 0. The van der Waals surface area contributed by atoms with Crippen LogP contribution in [-0.4, -0.2) is 60.4 Å². The second-order valence-corrected chi connectivity index (χ2v) is 7.96. The van der Waals surface area contributed by atoms with Gasteiger partial charge >= 0.3 is 0 Å². The summed E-state index contributed by atoms with van der Waals surface area (Å²) >= 11 is 0. The molecule has 0 spiro atoms. The second-order valence-electron chi connectivity index (χ2n) is 7.96. The Kier molecular flexibility index (Phi) is 7.79. The van der Waals surface area contributed by atoms with Crippen LogP contribution < -0.4 is 10.1 Å². The molecule has 1 heterocycles. The molecule has 1 unspecified atom stereocenters. The number of nitrogens with one attached hydrogen (secondary N) is 1. The van der Waals surface area contributed by atoms with Crippen LogP contribution in [0.5, 0.6) is 5.75 Å². The van der Waals surface area contributed by atoms with E-state index in [4.69, 9.17) is 4.74 Å². The second kappa shape index (κ2) is 10.7.